The number of halogens is 1. The molecule has 4 heteroatoms. The van der Waals surface area contributed by atoms with Gasteiger partial charge in [0.15, 0.2) is 0 Å². The molecule has 0 aliphatic rings. The molecule has 1 heterocycles. The van der Waals surface area contributed by atoms with Crippen molar-refractivity contribution in [1.82, 2.24) is 15.4 Å². The number of hydrogen-bond acceptors (Lipinski definition) is 2. The summed E-state index contributed by atoms with van der Waals surface area (Å²) in [6.45, 7) is 0. The monoisotopic (exact) mass is 196 g/mol. The lowest BCUT2D eigenvalue weighted by atomic mass is 10.3. The summed E-state index contributed by atoms with van der Waals surface area (Å²) >= 11 is 3.31. The predicted octanol–water partition coefficient (Wildman–Crippen LogP) is 1.52. The maximum Gasteiger partial charge on any atom is 0.120 e. The maximum absolute atomic E-state index is 3.78. The van der Waals surface area contributed by atoms with Gasteiger partial charge in [0.05, 0.1) is 5.52 Å². The number of nitrogens with one attached hydrogen (secondary N) is 1. The number of aromatic nitrogens is 3. The van der Waals surface area contributed by atoms with Gasteiger partial charge < -0.3 is 0 Å². The summed E-state index contributed by atoms with van der Waals surface area (Å²) in [6, 6.07) is 6.67. The number of H-pyrrole nitrogens is 1. The third-order valence-electron chi connectivity index (χ3n) is 1.20. The molecule has 0 atom stereocenters. The normalized spacial score (nSPS) is 10.5. The van der Waals surface area contributed by atoms with Crippen LogP contribution in [0, 0.1) is 6.07 Å². The van der Waals surface area contributed by atoms with Crippen molar-refractivity contribution in [3.05, 3.63) is 22.7 Å². The van der Waals surface area contributed by atoms with Gasteiger partial charge >= 0.3 is 0 Å². The van der Waals surface area contributed by atoms with Gasteiger partial charge in [-0.05, 0) is 12.1 Å². The maximum atomic E-state index is 3.78. The van der Waals surface area contributed by atoms with Crippen molar-refractivity contribution >= 4 is 27.0 Å². The predicted molar refractivity (Wildman–Crippen MR) is 40.4 cm³/mol. The lowest BCUT2D eigenvalue weighted by Crippen LogP contribution is -1.68. The second-order valence-corrected chi connectivity index (χ2v) is 2.81. The van der Waals surface area contributed by atoms with Gasteiger partial charge in [-0.2, -0.15) is 0 Å². The molecule has 2 rings (SSSR count). The molecule has 0 saturated carbocycles. The Hall–Kier alpha value is -0.900. The number of fused-ring (bicyclic) bond motifs is 1. The summed E-state index contributed by atoms with van der Waals surface area (Å²) in [5, 5.41) is 10.1. The van der Waals surface area contributed by atoms with E-state index in [9.17, 15) is 0 Å². The van der Waals surface area contributed by atoms with Gasteiger partial charge in [-0.25, -0.2) is 0 Å². The Labute approximate surface area is 65.6 Å². The Morgan fingerprint density at radius 2 is 2.50 bits per heavy atom. The molecule has 0 bridgehead atoms. The lowest BCUT2D eigenvalue weighted by Gasteiger charge is -1.85. The van der Waals surface area contributed by atoms with E-state index in [4.69, 9.17) is 0 Å². The van der Waals surface area contributed by atoms with Crippen LogP contribution in [0.3, 0.4) is 0 Å². The molecule has 0 saturated heterocycles. The van der Waals surface area contributed by atoms with Gasteiger partial charge in [0.1, 0.15) is 5.52 Å². The summed E-state index contributed by atoms with van der Waals surface area (Å²) < 4.78 is 0.978. The fourth-order valence-corrected chi connectivity index (χ4v) is 1.10. The van der Waals surface area contributed by atoms with E-state index in [2.05, 4.69) is 37.4 Å². The van der Waals surface area contributed by atoms with E-state index in [1.54, 1.807) is 0 Å². The average molecular weight is 197 g/mol. The second kappa shape index (κ2) is 2.05. The van der Waals surface area contributed by atoms with E-state index in [0.29, 0.717) is 0 Å². The van der Waals surface area contributed by atoms with Gasteiger partial charge in [0.25, 0.3) is 0 Å². The molecule has 0 spiro atoms. The molecule has 0 amide bonds. The smallest absolute Gasteiger partial charge is 0.120 e. The third-order valence-corrected chi connectivity index (χ3v) is 1.66. The highest BCUT2D eigenvalue weighted by Gasteiger charge is 1.95. The minimum atomic E-state index is 0.767. The summed E-state index contributed by atoms with van der Waals surface area (Å²) in [5.74, 6) is 0. The van der Waals surface area contributed by atoms with E-state index in [1.165, 1.54) is 0 Å². The van der Waals surface area contributed by atoms with E-state index < -0.39 is 0 Å². The lowest BCUT2D eigenvalue weighted by molar-refractivity contribution is 0.959. The molecule has 1 radical (unpaired) electrons. The Kier molecular flexibility index (Phi) is 1.20. The van der Waals surface area contributed by atoms with Gasteiger partial charge in [-0.3, -0.25) is 5.10 Å². The van der Waals surface area contributed by atoms with E-state index >= 15 is 0 Å². The zero-order valence-corrected chi connectivity index (χ0v) is 6.51. The van der Waals surface area contributed by atoms with Crippen LogP contribution in [-0.4, -0.2) is 15.4 Å². The summed E-state index contributed by atoms with van der Waals surface area (Å²) in [4.78, 5) is 0. The van der Waals surface area contributed by atoms with Gasteiger partial charge in [0, 0.05) is 10.5 Å². The van der Waals surface area contributed by atoms with Crippen LogP contribution in [0.4, 0.5) is 0 Å². The van der Waals surface area contributed by atoms with Crippen LogP contribution in [0.15, 0.2) is 16.6 Å². The van der Waals surface area contributed by atoms with E-state index in [0.717, 1.165) is 15.5 Å². The van der Waals surface area contributed by atoms with Crippen molar-refractivity contribution in [2.75, 3.05) is 0 Å². The summed E-state index contributed by atoms with van der Waals surface area (Å²) in [5.41, 5.74) is 1.66. The van der Waals surface area contributed by atoms with Crippen LogP contribution in [-0.2, 0) is 0 Å². The number of nitrogens with zero attached hydrogens (tertiary/aromatic N) is 2. The number of hydrogen-bond donors (Lipinski definition) is 1. The van der Waals surface area contributed by atoms with Gasteiger partial charge in [-0.15, -0.1) is 5.10 Å². The van der Waals surface area contributed by atoms with Gasteiger partial charge in [0.2, 0.25) is 0 Å². The topological polar surface area (TPSA) is 41.6 Å². The van der Waals surface area contributed by atoms with Gasteiger partial charge in [-0.1, -0.05) is 21.1 Å². The molecule has 1 N–H and O–H groups in total. The highest BCUT2D eigenvalue weighted by Crippen LogP contribution is 2.14. The van der Waals surface area contributed by atoms with E-state index in [-0.39, 0.29) is 0 Å². The third kappa shape index (κ3) is 0.806. The average Bonchev–Trinajstić information content (AvgIpc) is 2.33. The van der Waals surface area contributed by atoms with Crippen molar-refractivity contribution in [2.45, 2.75) is 0 Å². The SMILES string of the molecule is Brc1c[c]c2nn[nH]c2c1. The Bertz CT molecular complexity index is 355. The Morgan fingerprint density at radius 1 is 1.60 bits per heavy atom. The molecular weight excluding hydrogens is 194 g/mol. The Morgan fingerprint density at radius 3 is 3.40 bits per heavy atom. The van der Waals surface area contributed by atoms with Crippen LogP contribution in [0.5, 0.6) is 0 Å². The fraction of sp³-hybridized carbons (Fsp3) is 0. The number of rotatable bonds is 0. The first kappa shape index (κ1) is 5.85. The Balaban J connectivity index is 2.86. The second-order valence-electron chi connectivity index (χ2n) is 1.89. The zero-order chi connectivity index (χ0) is 6.97. The number of benzene rings is 1. The first-order valence-electron chi connectivity index (χ1n) is 2.74. The van der Waals surface area contributed by atoms with Crippen molar-refractivity contribution in [1.29, 1.82) is 0 Å². The molecule has 0 unspecified atom stereocenters. The molecule has 49 valence electrons. The molecule has 1 aromatic heterocycles. The molecule has 10 heavy (non-hydrogen) atoms. The van der Waals surface area contributed by atoms with Crippen LogP contribution in [0.2, 0.25) is 0 Å². The van der Waals surface area contributed by atoms with Crippen molar-refractivity contribution in [2.24, 2.45) is 0 Å². The highest BCUT2D eigenvalue weighted by atomic mass is 79.9. The minimum Gasteiger partial charge on any atom is -0.257 e. The van der Waals surface area contributed by atoms with Crippen molar-refractivity contribution < 1.29 is 0 Å². The first-order valence-corrected chi connectivity index (χ1v) is 3.53. The summed E-state index contributed by atoms with van der Waals surface area (Å²) in [7, 11) is 0. The molecule has 0 aliphatic heterocycles. The summed E-state index contributed by atoms with van der Waals surface area (Å²) in [6.07, 6.45) is 0. The minimum absolute atomic E-state index is 0.767. The van der Waals surface area contributed by atoms with Crippen LogP contribution in [0.1, 0.15) is 0 Å². The zero-order valence-electron chi connectivity index (χ0n) is 4.93. The van der Waals surface area contributed by atoms with E-state index in [1.807, 2.05) is 12.1 Å². The molecule has 0 aliphatic carbocycles. The first-order chi connectivity index (χ1) is 4.86. The standard InChI is InChI=1S/C6H3BrN3/c7-4-1-2-5-6(3-4)9-10-8-5/h1,3H,(H,8,9,10). The molecule has 2 aromatic rings. The quantitative estimate of drug-likeness (QED) is 0.695. The molecular formula is C6H3BrN3. The molecule has 3 nitrogen and oxygen atoms in total. The largest absolute Gasteiger partial charge is 0.257 e. The van der Waals surface area contributed by atoms with Crippen molar-refractivity contribution in [3.63, 3.8) is 0 Å². The highest BCUT2D eigenvalue weighted by molar-refractivity contribution is 9.10. The van der Waals surface area contributed by atoms with Crippen LogP contribution in [0.25, 0.3) is 11.0 Å². The van der Waals surface area contributed by atoms with Crippen molar-refractivity contribution in [3.8, 4) is 0 Å². The van der Waals surface area contributed by atoms with Crippen LogP contribution >= 0.6 is 15.9 Å². The van der Waals surface area contributed by atoms with Crippen LogP contribution < -0.4 is 0 Å². The molecule has 0 fully saturated rings. The fourth-order valence-electron chi connectivity index (χ4n) is 0.760. The molecule has 1 aromatic carbocycles. The number of aromatic amines is 1.